The topological polar surface area (TPSA) is 68.0 Å². The monoisotopic (exact) mass is 309 g/mol. The minimum Gasteiger partial charge on any atom is -0.355 e. The first-order valence-corrected chi connectivity index (χ1v) is 8.10. The highest BCUT2D eigenvalue weighted by atomic mass is 16.5. The van der Waals surface area contributed by atoms with E-state index >= 15 is 0 Å². The first-order valence-electron chi connectivity index (χ1n) is 8.10. The normalized spacial score (nSPS) is 19.8. The molecule has 5 nitrogen and oxygen atoms in total. The zero-order chi connectivity index (χ0) is 15.8. The quantitative estimate of drug-likeness (QED) is 0.891. The van der Waals surface area contributed by atoms with E-state index in [0.717, 1.165) is 35.4 Å². The van der Waals surface area contributed by atoms with Crippen molar-refractivity contribution >= 4 is 11.5 Å². The summed E-state index contributed by atoms with van der Waals surface area (Å²) in [6, 6.07) is 10.1. The van der Waals surface area contributed by atoms with Crippen LogP contribution < -0.4 is 5.32 Å². The summed E-state index contributed by atoms with van der Waals surface area (Å²) in [6.45, 7) is 2.56. The van der Waals surface area contributed by atoms with Gasteiger partial charge in [0.05, 0.1) is 5.92 Å². The van der Waals surface area contributed by atoms with Crippen LogP contribution in [-0.4, -0.2) is 22.6 Å². The van der Waals surface area contributed by atoms with Gasteiger partial charge in [0.2, 0.25) is 11.8 Å². The summed E-state index contributed by atoms with van der Waals surface area (Å²) in [6.07, 6.45) is 2.90. The zero-order valence-corrected chi connectivity index (χ0v) is 13.1. The number of amides is 1. The third-order valence-corrected chi connectivity index (χ3v) is 4.47. The summed E-state index contributed by atoms with van der Waals surface area (Å²) in [4.78, 5) is 16.7. The van der Waals surface area contributed by atoms with E-state index in [1.165, 1.54) is 0 Å². The van der Waals surface area contributed by atoms with Crippen LogP contribution in [0.15, 0.2) is 40.4 Å². The summed E-state index contributed by atoms with van der Waals surface area (Å²) in [5, 5.41) is 6.94. The molecule has 23 heavy (non-hydrogen) atoms. The molecule has 4 rings (SSSR count). The Labute approximate surface area is 134 Å². The Morgan fingerprint density at radius 3 is 2.83 bits per heavy atom. The lowest BCUT2D eigenvalue weighted by atomic mass is 10.1. The van der Waals surface area contributed by atoms with Gasteiger partial charge in [-0.05, 0) is 30.9 Å². The molecule has 2 aliphatic carbocycles. The molecule has 5 heteroatoms. The van der Waals surface area contributed by atoms with E-state index < -0.39 is 0 Å². The maximum atomic E-state index is 12.3. The number of carbonyl (C=O) groups is 1. The Kier molecular flexibility index (Phi) is 3.48. The Hall–Kier alpha value is -2.43. The minimum absolute atomic E-state index is 0.0623. The zero-order valence-electron chi connectivity index (χ0n) is 13.1. The molecule has 1 aromatic carbocycles. The average molecular weight is 309 g/mol. The van der Waals surface area contributed by atoms with Crippen LogP contribution in [0, 0.1) is 5.92 Å². The largest absolute Gasteiger partial charge is 0.355 e. The fourth-order valence-corrected chi connectivity index (χ4v) is 2.93. The number of rotatable bonds is 6. The smallest absolute Gasteiger partial charge is 0.231 e. The predicted octanol–water partition coefficient (Wildman–Crippen LogP) is 2.71. The third-order valence-electron chi connectivity index (χ3n) is 4.47. The van der Waals surface area contributed by atoms with Gasteiger partial charge in [0.25, 0.3) is 0 Å². The average Bonchev–Trinajstić information content (AvgIpc) is 3.47. The lowest BCUT2D eigenvalue weighted by Gasteiger charge is -2.04. The van der Waals surface area contributed by atoms with E-state index in [4.69, 9.17) is 4.52 Å². The van der Waals surface area contributed by atoms with Gasteiger partial charge in [-0.2, -0.15) is 4.98 Å². The molecular weight excluding hydrogens is 290 g/mol. The highest BCUT2D eigenvalue weighted by Crippen LogP contribution is 2.46. The maximum absolute atomic E-state index is 12.3. The van der Waals surface area contributed by atoms with Crippen molar-refractivity contribution < 1.29 is 9.32 Å². The highest BCUT2D eigenvalue weighted by Gasteiger charge is 2.39. The molecule has 2 aliphatic rings. The van der Waals surface area contributed by atoms with E-state index in [0.29, 0.717) is 24.7 Å². The van der Waals surface area contributed by atoms with Gasteiger partial charge in [-0.3, -0.25) is 4.79 Å². The van der Waals surface area contributed by atoms with Crippen molar-refractivity contribution in [2.45, 2.75) is 32.1 Å². The van der Waals surface area contributed by atoms with Crippen LogP contribution >= 0.6 is 0 Å². The van der Waals surface area contributed by atoms with Crippen LogP contribution in [0.5, 0.6) is 0 Å². The SMILES string of the molecule is CC1=C(c2ccccc2)[C@@H]1C(=O)NCCc1noc(C2CC2)n1. The van der Waals surface area contributed by atoms with Gasteiger partial charge in [0, 0.05) is 18.9 Å². The van der Waals surface area contributed by atoms with Gasteiger partial charge < -0.3 is 9.84 Å². The Morgan fingerprint density at radius 1 is 1.30 bits per heavy atom. The second-order valence-electron chi connectivity index (χ2n) is 6.26. The number of benzene rings is 1. The van der Waals surface area contributed by atoms with Crippen molar-refractivity contribution in [1.82, 2.24) is 15.5 Å². The standard InChI is InChI=1S/C18H19N3O2/c1-11-15(12-5-3-2-4-6-12)16(11)17(22)19-10-9-14-20-18(23-21-14)13-7-8-13/h2-6,13,16H,7-10H2,1H3,(H,19,22)/t16-/m1/s1. The first-order chi connectivity index (χ1) is 11.2. The molecule has 0 unspecified atom stereocenters. The highest BCUT2D eigenvalue weighted by molar-refractivity contribution is 6.05. The Morgan fingerprint density at radius 2 is 2.09 bits per heavy atom. The molecule has 2 aromatic rings. The van der Waals surface area contributed by atoms with Crippen LogP contribution in [0.25, 0.3) is 5.57 Å². The lowest BCUT2D eigenvalue weighted by molar-refractivity contribution is -0.121. The molecule has 1 atom stereocenters. The van der Waals surface area contributed by atoms with Crippen LogP contribution in [-0.2, 0) is 11.2 Å². The van der Waals surface area contributed by atoms with Crippen LogP contribution in [0.3, 0.4) is 0 Å². The molecule has 118 valence electrons. The van der Waals surface area contributed by atoms with Crippen molar-refractivity contribution in [3.8, 4) is 0 Å². The molecule has 0 aliphatic heterocycles. The first kappa shape index (κ1) is 14.2. The molecule has 0 spiro atoms. The predicted molar refractivity (Wildman–Crippen MR) is 85.5 cm³/mol. The molecule has 1 N–H and O–H groups in total. The van der Waals surface area contributed by atoms with Crippen LogP contribution in [0.2, 0.25) is 0 Å². The number of nitrogens with zero attached hydrogens (tertiary/aromatic N) is 2. The van der Waals surface area contributed by atoms with Gasteiger partial charge in [-0.15, -0.1) is 0 Å². The second kappa shape index (κ2) is 5.65. The second-order valence-corrected chi connectivity index (χ2v) is 6.26. The molecule has 0 radical (unpaired) electrons. The number of aromatic nitrogens is 2. The molecule has 1 aromatic heterocycles. The van der Waals surface area contributed by atoms with E-state index in [1.54, 1.807) is 0 Å². The van der Waals surface area contributed by atoms with Crippen molar-refractivity contribution in [2.24, 2.45) is 5.92 Å². The summed E-state index contributed by atoms with van der Waals surface area (Å²) >= 11 is 0. The Balaban J connectivity index is 1.28. The van der Waals surface area contributed by atoms with Crippen LogP contribution in [0.1, 0.15) is 43.0 Å². The van der Waals surface area contributed by atoms with E-state index in [9.17, 15) is 4.79 Å². The van der Waals surface area contributed by atoms with Crippen molar-refractivity contribution in [3.05, 3.63) is 53.2 Å². The van der Waals surface area contributed by atoms with Crippen molar-refractivity contribution in [2.75, 3.05) is 6.54 Å². The van der Waals surface area contributed by atoms with Gasteiger partial charge >= 0.3 is 0 Å². The molecule has 1 heterocycles. The van der Waals surface area contributed by atoms with E-state index in [2.05, 4.69) is 15.5 Å². The number of hydrogen-bond acceptors (Lipinski definition) is 4. The van der Waals surface area contributed by atoms with E-state index in [1.807, 2.05) is 37.3 Å². The molecular formula is C18H19N3O2. The molecule has 0 saturated heterocycles. The van der Waals surface area contributed by atoms with Crippen molar-refractivity contribution in [3.63, 3.8) is 0 Å². The lowest BCUT2D eigenvalue weighted by Crippen LogP contribution is -2.28. The number of hydrogen-bond donors (Lipinski definition) is 1. The summed E-state index contributed by atoms with van der Waals surface area (Å²) < 4.78 is 5.22. The summed E-state index contributed by atoms with van der Waals surface area (Å²) in [5.74, 6) is 1.88. The van der Waals surface area contributed by atoms with Crippen LogP contribution in [0.4, 0.5) is 0 Å². The summed E-state index contributed by atoms with van der Waals surface area (Å²) in [7, 11) is 0. The number of nitrogens with one attached hydrogen (secondary N) is 1. The maximum Gasteiger partial charge on any atom is 0.231 e. The molecule has 1 amide bonds. The van der Waals surface area contributed by atoms with Gasteiger partial charge in [0.1, 0.15) is 0 Å². The fraction of sp³-hybridized carbons (Fsp3) is 0.389. The van der Waals surface area contributed by atoms with E-state index in [-0.39, 0.29) is 11.8 Å². The minimum atomic E-state index is -0.0790. The number of carbonyl (C=O) groups excluding carboxylic acids is 1. The molecule has 0 bridgehead atoms. The molecule has 1 fully saturated rings. The Bertz CT molecular complexity index is 760. The fourth-order valence-electron chi connectivity index (χ4n) is 2.93. The summed E-state index contributed by atoms with van der Waals surface area (Å²) in [5.41, 5.74) is 3.44. The van der Waals surface area contributed by atoms with Gasteiger partial charge in [-0.1, -0.05) is 41.1 Å². The van der Waals surface area contributed by atoms with Gasteiger partial charge in [-0.25, -0.2) is 0 Å². The van der Waals surface area contributed by atoms with Crippen molar-refractivity contribution in [1.29, 1.82) is 0 Å². The third kappa shape index (κ3) is 2.91. The molecule has 1 saturated carbocycles. The van der Waals surface area contributed by atoms with Gasteiger partial charge in [0.15, 0.2) is 5.82 Å².